The van der Waals surface area contributed by atoms with Gasteiger partial charge in [0, 0.05) is 32.5 Å². The van der Waals surface area contributed by atoms with E-state index in [1.54, 1.807) is 31.0 Å². The number of hydrogen-bond acceptors (Lipinski definition) is 3. The Morgan fingerprint density at radius 2 is 2.09 bits per heavy atom. The van der Waals surface area contributed by atoms with E-state index in [1.807, 2.05) is 0 Å². The Hall–Kier alpha value is -1.75. The van der Waals surface area contributed by atoms with Gasteiger partial charge in [0.1, 0.15) is 5.82 Å². The van der Waals surface area contributed by atoms with E-state index in [4.69, 9.17) is 0 Å². The average molecular weight is 320 g/mol. The molecule has 0 radical (unpaired) electrons. The second-order valence-corrected chi connectivity index (χ2v) is 6.64. The summed E-state index contributed by atoms with van der Waals surface area (Å²) in [6, 6.07) is 5.91. The minimum atomic E-state index is -0.528. The Morgan fingerprint density at radius 3 is 2.70 bits per heavy atom. The van der Waals surface area contributed by atoms with E-state index in [9.17, 15) is 14.0 Å². The van der Waals surface area contributed by atoms with Gasteiger partial charge in [0.2, 0.25) is 5.91 Å². The summed E-state index contributed by atoms with van der Waals surface area (Å²) in [6.45, 7) is 4.51. The zero-order valence-corrected chi connectivity index (χ0v) is 14.1. The van der Waals surface area contributed by atoms with Gasteiger partial charge in [-0.1, -0.05) is 19.1 Å². The molecule has 1 fully saturated rings. The summed E-state index contributed by atoms with van der Waals surface area (Å²) >= 11 is 0. The number of rotatable bonds is 6. The van der Waals surface area contributed by atoms with Crippen molar-refractivity contribution in [3.63, 3.8) is 0 Å². The van der Waals surface area contributed by atoms with Crippen molar-refractivity contribution in [3.05, 3.63) is 35.6 Å². The SMILES string of the molecule is C[C@@H](CC(=O)c1ccccc1F)C(=O)N(C)C[C@H]1CCN(C)C1. The molecule has 1 heterocycles. The lowest BCUT2D eigenvalue weighted by molar-refractivity contribution is -0.134. The molecule has 2 atom stereocenters. The van der Waals surface area contributed by atoms with Crippen LogP contribution in [0.1, 0.15) is 30.1 Å². The summed E-state index contributed by atoms with van der Waals surface area (Å²) in [5.41, 5.74) is 0.0622. The Bertz CT molecular complexity index is 576. The fourth-order valence-electron chi connectivity index (χ4n) is 3.19. The van der Waals surface area contributed by atoms with Crippen LogP contribution in [0.2, 0.25) is 0 Å². The Kier molecular flexibility index (Phi) is 5.88. The summed E-state index contributed by atoms with van der Waals surface area (Å²) in [4.78, 5) is 28.6. The highest BCUT2D eigenvalue weighted by Crippen LogP contribution is 2.18. The second-order valence-electron chi connectivity index (χ2n) is 6.64. The molecule has 23 heavy (non-hydrogen) atoms. The molecule has 0 N–H and O–H groups in total. The van der Waals surface area contributed by atoms with Crippen molar-refractivity contribution in [2.24, 2.45) is 11.8 Å². The van der Waals surface area contributed by atoms with E-state index in [-0.39, 0.29) is 23.7 Å². The summed E-state index contributed by atoms with van der Waals surface area (Å²) in [7, 11) is 3.86. The topological polar surface area (TPSA) is 40.6 Å². The van der Waals surface area contributed by atoms with Crippen LogP contribution in [0.15, 0.2) is 24.3 Å². The molecule has 1 aliphatic rings. The maximum absolute atomic E-state index is 13.6. The summed E-state index contributed by atoms with van der Waals surface area (Å²) in [6.07, 6.45) is 1.13. The number of carbonyl (C=O) groups is 2. The third-order valence-electron chi connectivity index (χ3n) is 4.48. The monoisotopic (exact) mass is 320 g/mol. The number of likely N-dealkylation sites (tertiary alicyclic amines) is 1. The smallest absolute Gasteiger partial charge is 0.225 e. The van der Waals surface area contributed by atoms with Crippen molar-refractivity contribution in [3.8, 4) is 0 Å². The lowest BCUT2D eigenvalue weighted by Crippen LogP contribution is -2.36. The molecule has 4 nitrogen and oxygen atoms in total. The fraction of sp³-hybridized carbons (Fsp3) is 0.556. The van der Waals surface area contributed by atoms with Crippen molar-refractivity contribution in [1.82, 2.24) is 9.80 Å². The zero-order valence-electron chi connectivity index (χ0n) is 14.1. The number of hydrogen-bond donors (Lipinski definition) is 0. The van der Waals surface area contributed by atoms with E-state index >= 15 is 0 Å². The van der Waals surface area contributed by atoms with Gasteiger partial charge in [-0.25, -0.2) is 4.39 Å². The first-order chi connectivity index (χ1) is 10.9. The van der Waals surface area contributed by atoms with Crippen LogP contribution in [-0.4, -0.2) is 55.2 Å². The molecule has 2 rings (SSSR count). The molecule has 1 aromatic rings. The maximum atomic E-state index is 13.6. The minimum Gasteiger partial charge on any atom is -0.345 e. The Balaban J connectivity index is 1.89. The van der Waals surface area contributed by atoms with Gasteiger partial charge in [-0.15, -0.1) is 0 Å². The average Bonchev–Trinajstić information content (AvgIpc) is 2.91. The van der Waals surface area contributed by atoms with Gasteiger partial charge in [-0.05, 0) is 38.1 Å². The van der Waals surface area contributed by atoms with Gasteiger partial charge in [0.25, 0.3) is 0 Å². The van der Waals surface area contributed by atoms with Crippen LogP contribution in [0.5, 0.6) is 0 Å². The van der Waals surface area contributed by atoms with Crippen molar-refractivity contribution in [2.45, 2.75) is 19.8 Å². The van der Waals surface area contributed by atoms with Crippen LogP contribution >= 0.6 is 0 Å². The Morgan fingerprint density at radius 1 is 1.39 bits per heavy atom. The minimum absolute atomic E-state index is 0.0364. The highest BCUT2D eigenvalue weighted by Gasteiger charge is 2.26. The fourth-order valence-corrected chi connectivity index (χ4v) is 3.19. The van der Waals surface area contributed by atoms with Crippen LogP contribution in [0.25, 0.3) is 0 Å². The molecule has 0 spiro atoms. The van der Waals surface area contributed by atoms with Gasteiger partial charge < -0.3 is 9.80 Å². The summed E-state index contributed by atoms with van der Waals surface area (Å²) in [5, 5.41) is 0. The summed E-state index contributed by atoms with van der Waals surface area (Å²) < 4.78 is 13.6. The van der Waals surface area contributed by atoms with E-state index in [0.29, 0.717) is 12.5 Å². The first-order valence-electron chi connectivity index (χ1n) is 8.09. The van der Waals surface area contributed by atoms with Crippen LogP contribution in [0, 0.1) is 17.7 Å². The third kappa shape index (κ3) is 4.61. The molecule has 1 aliphatic heterocycles. The molecule has 0 bridgehead atoms. The van der Waals surface area contributed by atoms with Crippen molar-refractivity contribution >= 4 is 11.7 Å². The van der Waals surface area contributed by atoms with E-state index in [1.165, 1.54) is 12.1 Å². The number of carbonyl (C=O) groups excluding carboxylic acids is 2. The van der Waals surface area contributed by atoms with Crippen molar-refractivity contribution in [2.75, 3.05) is 33.7 Å². The number of amides is 1. The number of ketones is 1. The van der Waals surface area contributed by atoms with Crippen LogP contribution < -0.4 is 0 Å². The van der Waals surface area contributed by atoms with E-state index < -0.39 is 11.7 Å². The van der Waals surface area contributed by atoms with Gasteiger partial charge >= 0.3 is 0 Å². The molecular formula is C18H25FN2O2. The molecule has 0 aromatic heterocycles. The molecule has 126 valence electrons. The predicted octanol–water partition coefficient (Wildman–Crippen LogP) is 2.44. The standard InChI is InChI=1S/C18H25FN2O2/c1-13(10-17(22)15-6-4-5-7-16(15)19)18(23)21(3)12-14-8-9-20(2)11-14/h4-7,13-14H,8-12H2,1-3H3/t13-,14-/m0/s1. The van der Waals surface area contributed by atoms with Gasteiger partial charge in [-0.2, -0.15) is 0 Å². The first-order valence-corrected chi connectivity index (χ1v) is 8.09. The van der Waals surface area contributed by atoms with Crippen LogP contribution in [-0.2, 0) is 4.79 Å². The maximum Gasteiger partial charge on any atom is 0.225 e. The molecule has 1 saturated heterocycles. The Labute approximate surface area is 137 Å². The second kappa shape index (κ2) is 7.68. The molecule has 1 amide bonds. The quantitative estimate of drug-likeness (QED) is 0.756. The summed E-state index contributed by atoms with van der Waals surface area (Å²) in [5.74, 6) is -0.851. The molecule has 1 aromatic carbocycles. The molecule has 5 heteroatoms. The molecular weight excluding hydrogens is 295 g/mol. The van der Waals surface area contributed by atoms with Crippen molar-refractivity contribution < 1.29 is 14.0 Å². The van der Waals surface area contributed by atoms with E-state index in [0.717, 1.165) is 19.5 Å². The molecule has 0 unspecified atom stereocenters. The highest BCUT2D eigenvalue weighted by atomic mass is 19.1. The largest absolute Gasteiger partial charge is 0.345 e. The number of halogens is 1. The van der Waals surface area contributed by atoms with Gasteiger partial charge in [0.05, 0.1) is 5.56 Å². The van der Waals surface area contributed by atoms with Crippen LogP contribution in [0.4, 0.5) is 4.39 Å². The normalized spacial score (nSPS) is 19.6. The molecule has 0 saturated carbocycles. The highest BCUT2D eigenvalue weighted by molar-refractivity contribution is 5.98. The number of nitrogens with zero attached hydrogens (tertiary/aromatic N) is 2. The number of Topliss-reactive ketones (excluding diaryl/α,β-unsaturated/α-hetero) is 1. The lowest BCUT2D eigenvalue weighted by Gasteiger charge is -2.24. The number of benzene rings is 1. The van der Waals surface area contributed by atoms with Crippen molar-refractivity contribution in [1.29, 1.82) is 0 Å². The zero-order chi connectivity index (χ0) is 17.0. The lowest BCUT2D eigenvalue weighted by atomic mass is 9.98. The first kappa shape index (κ1) is 17.6. The van der Waals surface area contributed by atoms with E-state index in [2.05, 4.69) is 11.9 Å². The van der Waals surface area contributed by atoms with Crippen LogP contribution in [0.3, 0.4) is 0 Å². The molecule has 0 aliphatic carbocycles. The van der Waals surface area contributed by atoms with Gasteiger partial charge in [0.15, 0.2) is 5.78 Å². The van der Waals surface area contributed by atoms with Gasteiger partial charge in [-0.3, -0.25) is 9.59 Å². The third-order valence-corrected chi connectivity index (χ3v) is 4.48. The predicted molar refractivity (Wildman–Crippen MR) is 87.8 cm³/mol.